The van der Waals surface area contributed by atoms with Crippen molar-refractivity contribution >= 4 is 27.3 Å². The molecular formula is C13H15BrN2S. The van der Waals surface area contributed by atoms with Crippen LogP contribution >= 0.6 is 27.3 Å². The van der Waals surface area contributed by atoms with Gasteiger partial charge in [0.05, 0.1) is 10.7 Å². The molecule has 90 valence electrons. The van der Waals surface area contributed by atoms with Crippen LogP contribution in [-0.4, -0.2) is 4.98 Å². The normalized spacial score (nSPS) is 12.6. The van der Waals surface area contributed by atoms with E-state index >= 15 is 0 Å². The predicted molar refractivity (Wildman–Crippen MR) is 76.2 cm³/mol. The zero-order valence-corrected chi connectivity index (χ0v) is 12.3. The summed E-state index contributed by atoms with van der Waals surface area (Å²) in [4.78, 5) is 4.44. The molecule has 0 unspecified atom stereocenters. The van der Waals surface area contributed by atoms with Crippen molar-refractivity contribution in [2.45, 2.75) is 26.4 Å². The maximum atomic E-state index is 4.44. The van der Waals surface area contributed by atoms with E-state index in [4.69, 9.17) is 0 Å². The second-order valence-electron chi connectivity index (χ2n) is 3.98. The van der Waals surface area contributed by atoms with Crippen LogP contribution in [0.3, 0.4) is 0 Å². The monoisotopic (exact) mass is 310 g/mol. The van der Waals surface area contributed by atoms with Crippen LogP contribution < -0.4 is 5.32 Å². The topological polar surface area (TPSA) is 24.9 Å². The highest BCUT2D eigenvalue weighted by Crippen LogP contribution is 2.23. The molecule has 0 saturated carbocycles. The van der Waals surface area contributed by atoms with Crippen molar-refractivity contribution < 1.29 is 0 Å². The van der Waals surface area contributed by atoms with E-state index in [0.29, 0.717) is 6.04 Å². The molecule has 0 radical (unpaired) electrons. The molecule has 1 heterocycles. The van der Waals surface area contributed by atoms with Gasteiger partial charge in [0.2, 0.25) is 0 Å². The molecule has 0 bridgehead atoms. The van der Waals surface area contributed by atoms with Crippen molar-refractivity contribution in [3.05, 3.63) is 50.4 Å². The summed E-state index contributed by atoms with van der Waals surface area (Å²) in [6.07, 6.45) is 0. The van der Waals surface area contributed by atoms with Gasteiger partial charge in [-0.1, -0.05) is 34.1 Å². The first kappa shape index (κ1) is 12.7. The first-order chi connectivity index (χ1) is 8.16. The number of aryl methyl sites for hydroxylation is 1. The largest absolute Gasteiger partial charge is 0.304 e. The van der Waals surface area contributed by atoms with Gasteiger partial charge in [-0.3, -0.25) is 0 Å². The minimum Gasteiger partial charge on any atom is -0.304 e. The van der Waals surface area contributed by atoms with Crippen molar-refractivity contribution in [3.8, 4) is 0 Å². The van der Waals surface area contributed by atoms with Gasteiger partial charge >= 0.3 is 0 Å². The molecule has 0 saturated heterocycles. The average Bonchev–Trinajstić information content (AvgIpc) is 2.73. The number of benzene rings is 1. The van der Waals surface area contributed by atoms with E-state index in [0.717, 1.165) is 21.7 Å². The van der Waals surface area contributed by atoms with E-state index in [-0.39, 0.29) is 0 Å². The minimum atomic E-state index is 0.313. The lowest BCUT2D eigenvalue weighted by Crippen LogP contribution is -2.18. The zero-order valence-electron chi connectivity index (χ0n) is 9.90. The molecule has 2 aromatic rings. The Bertz CT molecular complexity index is 496. The number of halogens is 1. The Labute approximate surface area is 114 Å². The van der Waals surface area contributed by atoms with E-state index < -0.39 is 0 Å². The number of rotatable bonds is 4. The Kier molecular flexibility index (Phi) is 4.31. The van der Waals surface area contributed by atoms with Crippen LogP contribution in [0.4, 0.5) is 0 Å². The van der Waals surface area contributed by atoms with Crippen molar-refractivity contribution in [1.29, 1.82) is 0 Å². The van der Waals surface area contributed by atoms with E-state index in [1.807, 2.05) is 13.0 Å². The maximum Gasteiger partial charge on any atom is 0.0897 e. The summed E-state index contributed by atoms with van der Waals surface area (Å²) in [7, 11) is 0. The second-order valence-corrected chi connectivity index (χ2v) is 5.90. The van der Waals surface area contributed by atoms with Crippen LogP contribution in [0.5, 0.6) is 0 Å². The van der Waals surface area contributed by atoms with Crippen molar-refractivity contribution in [2.75, 3.05) is 0 Å². The number of thiazole rings is 1. The summed E-state index contributed by atoms with van der Waals surface area (Å²) in [5, 5.41) is 6.71. The Morgan fingerprint density at radius 1 is 1.41 bits per heavy atom. The standard InChI is InChI=1S/C13H15BrN2S/c1-9(12-5-3-4-6-13(12)14)15-7-11-8-17-10(2)16-11/h3-6,8-9,15H,7H2,1-2H3/t9-/m1/s1. The van der Waals surface area contributed by atoms with E-state index in [1.165, 1.54) is 5.56 Å². The lowest BCUT2D eigenvalue weighted by atomic mass is 10.1. The lowest BCUT2D eigenvalue weighted by molar-refractivity contribution is 0.567. The summed E-state index contributed by atoms with van der Waals surface area (Å²) >= 11 is 5.27. The van der Waals surface area contributed by atoms with Gasteiger partial charge in [0.25, 0.3) is 0 Å². The maximum absolute atomic E-state index is 4.44. The van der Waals surface area contributed by atoms with Gasteiger partial charge in [0, 0.05) is 22.4 Å². The molecule has 2 rings (SSSR count). The molecule has 0 aliphatic carbocycles. The second kappa shape index (κ2) is 5.76. The van der Waals surface area contributed by atoms with Crippen LogP contribution in [-0.2, 0) is 6.54 Å². The summed E-state index contributed by atoms with van der Waals surface area (Å²) in [5.41, 5.74) is 2.39. The van der Waals surface area contributed by atoms with Gasteiger partial charge < -0.3 is 5.32 Å². The minimum absolute atomic E-state index is 0.313. The molecule has 1 N–H and O–H groups in total. The fourth-order valence-corrected chi connectivity index (χ4v) is 2.92. The van der Waals surface area contributed by atoms with Crippen LogP contribution in [0, 0.1) is 6.92 Å². The predicted octanol–water partition coefficient (Wildman–Crippen LogP) is 4.06. The summed E-state index contributed by atoms with van der Waals surface area (Å²) in [6.45, 7) is 5.01. The Balaban J connectivity index is 1.98. The van der Waals surface area contributed by atoms with Gasteiger partial charge in [-0.2, -0.15) is 0 Å². The highest BCUT2D eigenvalue weighted by molar-refractivity contribution is 9.10. The quantitative estimate of drug-likeness (QED) is 0.921. The van der Waals surface area contributed by atoms with Crippen LogP contribution in [0.25, 0.3) is 0 Å². The molecular weight excluding hydrogens is 296 g/mol. The van der Waals surface area contributed by atoms with Gasteiger partial charge in [0.1, 0.15) is 0 Å². The van der Waals surface area contributed by atoms with Crippen LogP contribution in [0.15, 0.2) is 34.1 Å². The molecule has 0 aliphatic rings. The van der Waals surface area contributed by atoms with Crippen LogP contribution in [0.1, 0.15) is 29.2 Å². The van der Waals surface area contributed by atoms with Crippen LogP contribution in [0.2, 0.25) is 0 Å². The molecule has 0 fully saturated rings. The number of nitrogens with zero attached hydrogens (tertiary/aromatic N) is 1. The lowest BCUT2D eigenvalue weighted by Gasteiger charge is -2.14. The van der Waals surface area contributed by atoms with Crippen molar-refractivity contribution in [3.63, 3.8) is 0 Å². The number of aromatic nitrogens is 1. The molecule has 4 heteroatoms. The van der Waals surface area contributed by atoms with E-state index in [9.17, 15) is 0 Å². The molecule has 1 aromatic carbocycles. The van der Waals surface area contributed by atoms with E-state index in [1.54, 1.807) is 11.3 Å². The smallest absolute Gasteiger partial charge is 0.0897 e. The Morgan fingerprint density at radius 3 is 2.82 bits per heavy atom. The van der Waals surface area contributed by atoms with Gasteiger partial charge in [-0.15, -0.1) is 11.3 Å². The van der Waals surface area contributed by atoms with Crippen molar-refractivity contribution in [2.24, 2.45) is 0 Å². The first-order valence-electron chi connectivity index (χ1n) is 5.55. The number of nitrogens with one attached hydrogen (secondary N) is 1. The summed E-state index contributed by atoms with van der Waals surface area (Å²) in [5.74, 6) is 0. The van der Waals surface area contributed by atoms with Gasteiger partial charge in [-0.05, 0) is 25.5 Å². The molecule has 17 heavy (non-hydrogen) atoms. The van der Waals surface area contributed by atoms with Gasteiger partial charge in [0.15, 0.2) is 0 Å². The average molecular weight is 311 g/mol. The highest BCUT2D eigenvalue weighted by atomic mass is 79.9. The number of hydrogen-bond acceptors (Lipinski definition) is 3. The molecule has 0 aliphatic heterocycles. The molecule has 2 nitrogen and oxygen atoms in total. The molecule has 1 atom stereocenters. The SMILES string of the molecule is Cc1nc(CN[C@H](C)c2ccccc2Br)cs1. The first-order valence-corrected chi connectivity index (χ1v) is 7.23. The fourth-order valence-electron chi connectivity index (χ4n) is 1.68. The summed E-state index contributed by atoms with van der Waals surface area (Å²) < 4.78 is 1.15. The Hall–Kier alpha value is -0.710. The third kappa shape index (κ3) is 3.37. The molecule has 0 spiro atoms. The fraction of sp³-hybridized carbons (Fsp3) is 0.308. The van der Waals surface area contributed by atoms with E-state index in [2.05, 4.69) is 56.7 Å². The van der Waals surface area contributed by atoms with Gasteiger partial charge in [-0.25, -0.2) is 4.98 Å². The zero-order chi connectivity index (χ0) is 12.3. The third-order valence-corrected chi connectivity index (χ3v) is 4.17. The number of hydrogen-bond donors (Lipinski definition) is 1. The summed E-state index contributed by atoms with van der Waals surface area (Å²) in [6, 6.07) is 8.61. The third-order valence-electron chi connectivity index (χ3n) is 2.63. The molecule has 0 amide bonds. The highest BCUT2D eigenvalue weighted by Gasteiger charge is 2.08. The Morgan fingerprint density at radius 2 is 2.18 bits per heavy atom. The molecule has 1 aromatic heterocycles. The van der Waals surface area contributed by atoms with Crippen molar-refractivity contribution in [1.82, 2.24) is 10.3 Å².